The molecule has 0 saturated carbocycles. The van der Waals surface area contributed by atoms with E-state index in [1.165, 1.54) is 44.4 Å². The molecule has 0 radical (unpaired) electrons. The second-order valence-corrected chi connectivity index (χ2v) is 7.02. The van der Waals surface area contributed by atoms with Crippen molar-refractivity contribution in [3.8, 4) is 17.1 Å². The molecule has 0 amide bonds. The zero-order valence-corrected chi connectivity index (χ0v) is 15.6. The van der Waals surface area contributed by atoms with E-state index in [1.54, 1.807) is 0 Å². The fraction of sp³-hybridized carbons (Fsp3) is 0.0800. The molecule has 0 spiro atoms. The van der Waals surface area contributed by atoms with Crippen molar-refractivity contribution in [3.05, 3.63) is 96.6 Å². The Kier molecular flexibility index (Phi) is 3.58. The molecule has 5 aromatic rings. The van der Waals surface area contributed by atoms with Gasteiger partial charge in [0.05, 0.1) is 12.6 Å². The molecule has 130 valence electrons. The van der Waals surface area contributed by atoms with E-state index in [1.807, 2.05) is 0 Å². The van der Waals surface area contributed by atoms with Crippen molar-refractivity contribution < 1.29 is 4.57 Å². The Bertz CT molecular complexity index is 1290. The van der Waals surface area contributed by atoms with Crippen molar-refractivity contribution in [2.45, 2.75) is 6.92 Å². The SMILES string of the molecule is Cc1ccccc1-c1n(-c2cccc3ccccc23)c2ccccc2[n+]1C. The lowest BCUT2D eigenvalue weighted by Gasteiger charge is -2.08. The lowest BCUT2D eigenvalue weighted by atomic mass is 10.1. The highest BCUT2D eigenvalue weighted by Crippen LogP contribution is 2.32. The molecule has 4 aromatic carbocycles. The molecule has 5 rings (SSSR count). The molecule has 0 bridgehead atoms. The minimum Gasteiger partial charge on any atom is -0.225 e. The van der Waals surface area contributed by atoms with Crippen LogP contribution in [0, 0.1) is 6.92 Å². The van der Waals surface area contributed by atoms with Crippen molar-refractivity contribution in [2.24, 2.45) is 7.05 Å². The molecule has 27 heavy (non-hydrogen) atoms. The number of imidazole rings is 1. The van der Waals surface area contributed by atoms with E-state index < -0.39 is 0 Å². The minimum absolute atomic E-state index is 1.20. The van der Waals surface area contributed by atoms with Gasteiger partial charge in [0.15, 0.2) is 11.0 Å². The second-order valence-electron chi connectivity index (χ2n) is 7.02. The summed E-state index contributed by atoms with van der Waals surface area (Å²) in [6.07, 6.45) is 0. The minimum atomic E-state index is 1.20. The number of fused-ring (bicyclic) bond motifs is 2. The highest BCUT2D eigenvalue weighted by molar-refractivity contribution is 5.93. The molecule has 2 nitrogen and oxygen atoms in total. The molecule has 1 heterocycles. The molecular formula is C25H21N2+. The number of aryl methyl sites for hydroxylation is 2. The summed E-state index contributed by atoms with van der Waals surface area (Å²) >= 11 is 0. The molecule has 1 aromatic heterocycles. The molecule has 2 heteroatoms. The summed E-state index contributed by atoms with van der Waals surface area (Å²) in [5, 5.41) is 2.52. The number of hydrogen-bond acceptors (Lipinski definition) is 0. The molecule has 0 aliphatic carbocycles. The maximum absolute atomic E-state index is 2.40. The third kappa shape index (κ3) is 2.37. The van der Waals surface area contributed by atoms with Crippen LogP contribution >= 0.6 is 0 Å². The summed E-state index contributed by atoms with van der Waals surface area (Å²) < 4.78 is 4.71. The van der Waals surface area contributed by atoms with Crippen LogP contribution in [0.25, 0.3) is 38.9 Å². The topological polar surface area (TPSA) is 8.81 Å². The lowest BCUT2D eigenvalue weighted by molar-refractivity contribution is -0.633. The van der Waals surface area contributed by atoms with Crippen LogP contribution in [0.4, 0.5) is 0 Å². The van der Waals surface area contributed by atoms with Gasteiger partial charge >= 0.3 is 0 Å². The number of hydrogen-bond donors (Lipinski definition) is 0. The highest BCUT2D eigenvalue weighted by Gasteiger charge is 2.27. The zero-order valence-electron chi connectivity index (χ0n) is 15.6. The van der Waals surface area contributed by atoms with Crippen molar-refractivity contribution in [2.75, 3.05) is 0 Å². The third-order valence-electron chi connectivity index (χ3n) is 5.41. The maximum Gasteiger partial charge on any atom is 0.295 e. The van der Waals surface area contributed by atoms with E-state index in [0.29, 0.717) is 0 Å². The molecule has 0 aliphatic heterocycles. The normalized spacial score (nSPS) is 11.3. The predicted octanol–water partition coefficient (Wildman–Crippen LogP) is 5.58. The van der Waals surface area contributed by atoms with Gasteiger partial charge in [0.2, 0.25) is 0 Å². The third-order valence-corrected chi connectivity index (χ3v) is 5.41. The first-order valence-corrected chi connectivity index (χ1v) is 9.29. The first-order chi connectivity index (χ1) is 13.3. The van der Waals surface area contributed by atoms with Crippen LogP contribution in [0.2, 0.25) is 0 Å². The van der Waals surface area contributed by atoms with E-state index in [-0.39, 0.29) is 0 Å². The lowest BCUT2D eigenvalue weighted by Crippen LogP contribution is -2.30. The largest absolute Gasteiger partial charge is 0.295 e. The predicted molar refractivity (Wildman–Crippen MR) is 112 cm³/mol. The summed E-state index contributed by atoms with van der Waals surface area (Å²) in [6, 6.07) is 32.4. The van der Waals surface area contributed by atoms with Gasteiger partial charge in [-0.05, 0) is 42.1 Å². The van der Waals surface area contributed by atoms with Gasteiger partial charge in [-0.15, -0.1) is 0 Å². The smallest absolute Gasteiger partial charge is 0.225 e. The number of benzene rings is 4. The van der Waals surface area contributed by atoms with Gasteiger partial charge in [0.1, 0.15) is 5.69 Å². The van der Waals surface area contributed by atoms with Crippen molar-refractivity contribution >= 4 is 21.8 Å². The van der Waals surface area contributed by atoms with Gasteiger partial charge in [0, 0.05) is 5.39 Å². The van der Waals surface area contributed by atoms with Crippen LogP contribution in [-0.4, -0.2) is 4.57 Å². The Morgan fingerprint density at radius 3 is 2.30 bits per heavy atom. The molecule has 0 N–H and O–H groups in total. The van der Waals surface area contributed by atoms with Crippen LogP contribution in [0.1, 0.15) is 5.56 Å². The van der Waals surface area contributed by atoms with E-state index in [0.717, 1.165) is 0 Å². The molecule has 0 unspecified atom stereocenters. The number of nitrogens with zero attached hydrogens (tertiary/aromatic N) is 2. The maximum atomic E-state index is 2.40. The van der Waals surface area contributed by atoms with Crippen LogP contribution in [0.5, 0.6) is 0 Å². The number of rotatable bonds is 2. The average molecular weight is 349 g/mol. The molecule has 0 aliphatic rings. The quantitative estimate of drug-likeness (QED) is 0.368. The second kappa shape index (κ2) is 6.10. The summed E-state index contributed by atoms with van der Waals surface area (Å²) in [4.78, 5) is 0. The highest BCUT2D eigenvalue weighted by atomic mass is 15.2. The Labute approximate surface area is 158 Å². The van der Waals surface area contributed by atoms with Crippen LogP contribution < -0.4 is 4.57 Å². The Morgan fingerprint density at radius 1 is 0.704 bits per heavy atom. The van der Waals surface area contributed by atoms with Gasteiger partial charge < -0.3 is 0 Å². The monoisotopic (exact) mass is 349 g/mol. The van der Waals surface area contributed by atoms with E-state index >= 15 is 0 Å². The summed E-state index contributed by atoms with van der Waals surface area (Å²) in [5.41, 5.74) is 6.18. The van der Waals surface area contributed by atoms with Crippen molar-refractivity contribution in [3.63, 3.8) is 0 Å². The fourth-order valence-corrected chi connectivity index (χ4v) is 4.09. The van der Waals surface area contributed by atoms with Crippen molar-refractivity contribution in [1.82, 2.24) is 4.57 Å². The zero-order chi connectivity index (χ0) is 18.4. The first kappa shape index (κ1) is 15.8. The molecule has 0 atom stereocenters. The number of para-hydroxylation sites is 2. The summed E-state index contributed by atoms with van der Waals surface area (Å²) in [6.45, 7) is 2.18. The Morgan fingerprint density at radius 2 is 1.41 bits per heavy atom. The average Bonchev–Trinajstić information content (AvgIpc) is 3.00. The van der Waals surface area contributed by atoms with Gasteiger partial charge in [0.25, 0.3) is 5.82 Å². The van der Waals surface area contributed by atoms with E-state index in [9.17, 15) is 0 Å². The van der Waals surface area contributed by atoms with Gasteiger partial charge in [-0.25, -0.2) is 4.57 Å². The van der Waals surface area contributed by atoms with Gasteiger partial charge in [-0.2, -0.15) is 4.57 Å². The Balaban J connectivity index is 1.98. The van der Waals surface area contributed by atoms with E-state index in [4.69, 9.17) is 0 Å². The van der Waals surface area contributed by atoms with Crippen LogP contribution in [-0.2, 0) is 7.05 Å². The van der Waals surface area contributed by atoms with Crippen LogP contribution in [0.3, 0.4) is 0 Å². The van der Waals surface area contributed by atoms with Crippen molar-refractivity contribution in [1.29, 1.82) is 0 Å². The first-order valence-electron chi connectivity index (χ1n) is 9.29. The van der Waals surface area contributed by atoms with Gasteiger partial charge in [-0.1, -0.05) is 66.7 Å². The summed E-state index contributed by atoms with van der Waals surface area (Å²) in [7, 11) is 2.16. The van der Waals surface area contributed by atoms with E-state index in [2.05, 4.69) is 114 Å². The number of aromatic nitrogens is 2. The molecular weight excluding hydrogens is 328 g/mol. The molecule has 0 fully saturated rings. The molecule has 0 saturated heterocycles. The fourth-order valence-electron chi connectivity index (χ4n) is 4.09. The Hall–Kier alpha value is -3.39. The standard InChI is InChI=1S/C25H21N2/c1-18-10-3-5-13-20(18)25-26(2)23-15-7-8-16-24(23)27(25)22-17-9-12-19-11-4-6-14-21(19)22/h3-17H,1-2H3/q+1. The van der Waals surface area contributed by atoms with Crippen LogP contribution in [0.15, 0.2) is 91.0 Å². The van der Waals surface area contributed by atoms with Gasteiger partial charge in [-0.3, -0.25) is 0 Å². The summed E-state index contributed by atoms with van der Waals surface area (Å²) in [5.74, 6) is 1.20.